The molecule has 1 heterocycles. The van der Waals surface area contributed by atoms with Crippen LogP contribution in [-0.2, 0) is 0 Å². The first kappa shape index (κ1) is 12.2. The third kappa shape index (κ3) is 4.24. The van der Waals surface area contributed by atoms with Gasteiger partial charge in [0.1, 0.15) is 5.03 Å². The molecule has 2 aromatic rings. The molecule has 0 radical (unpaired) electrons. The van der Waals surface area contributed by atoms with E-state index in [-0.39, 0.29) is 0 Å². The second-order valence-corrected chi connectivity index (χ2v) is 4.88. The molecule has 17 heavy (non-hydrogen) atoms. The van der Waals surface area contributed by atoms with Gasteiger partial charge in [0.05, 0.1) is 6.20 Å². The van der Waals surface area contributed by atoms with Crippen LogP contribution in [0, 0.1) is 0 Å². The van der Waals surface area contributed by atoms with Gasteiger partial charge in [-0.05, 0) is 24.3 Å². The van der Waals surface area contributed by atoms with Crippen molar-refractivity contribution >= 4 is 29.1 Å². The van der Waals surface area contributed by atoms with Crippen LogP contribution in [0.5, 0.6) is 0 Å². The number of hydrogen-bond donors (Lipinski definition) is 1. The average molecular weight is 266 g/mol. The molecule has 0 atom stereocenters. The van der Waals surface area contributed by atoms with Crippen LogP contribution in [0.15, 0.2) is 47.9 Å². The third-order valence-corrected chi connectivity index (χ3v) is 3.23. The first-order chi connectivity index (χ1) is 8.34. The zero-order valence-electron chi connectivity index (χ0n) is 9.14. The first-order valence-corrected chi connectivity index (χ1v) is 6.59. The molecule has 0 saturated carbocycles. The molecule has 0 amide bonds. The van der Waals surface area contributed by atoms with Gasteiger partial charge in [0, 0.05) is 35.4 Å². The fraction of sp³-hybridized carbons (Fsp3) is 0.167. The number of rotatable bonds is 5. The summed E-state index contributed by atoms with van der Waals surface area (Å²) >= 11 is 7.49. The van der Waals surface area contributed by atoms with E-state index in [1.54, 1.807) is 30.4 Å². The molecule has 1 aromatic carbocycles. The third-order valence-electron chi connectivity index (χ3n) is 2.06. The van der Waals surface area contributed by atoms with Crippen LogP contribution in [0.3, 0.4) is 0 Å². The summed E-state index contributed by atoms with van der Waals surface area (Å²) in [5.74, 6) is 0.946. The number of nitrogens with one attached hydrogen (secondary N) is 1. The van der Waals surface area contributed by atoms with Gasteiger partial charge in [-0.25, -0.2) is 4.98 Å². The van der Waals surface area contributed by atoms with Crippen molar-refractivity contribution in [2.24, 2.45) is 0 Å². The van der Waals surface area contributed by atoms with Crippen LogP contribution < -0.4 is 5.32 Å². The number of nitrogens with zero attached hydrogens (tertiary/aromatic N) is 2. The molecule has 0 saturated heterocycles. The summed E-state index contributed by atoms with van der Waals surface area (Å²) in [7, 11) is 0. The maximum atomic E-state index is 5.81. The largest absolute Gasteiger partial charge is 0.384 e. The van der Waals surface area contributed by atoms with Gasteiger partial charge in [-0.15, -0.1) is 11.8 Å². The number of anilines is 1. The van der Waals surface area contributed by atoms with Crippen molar-refractivity contribution in [3.8, 4) is 0 Å². The highest BCUT2D eigenvalue weighted by molar-refractivity contribution is 7.99. The molecule has 1 N–H and O–H groups in total. The monoisotopic (exact) mass is 265 g/mol. The molecule has 5 heteroatoms. The van der Waals surface area contributed by atoms with Crippen LogP contribution >= 0.6 is 23.4 Å². The maximum Gasteiger partial charge on any atom is 0.114 e. The smallest absolute Gasteiger partial charge is 0.114 e. The molecule has 0 unspecified atom stereocenters. The van der Waals surface area contributed by atoms with E-state index in [4.69, 9.17) is 11.6 Å². The average Bonchev–Trinajstić information content (AvgIpc) is 2.38. The molecule has 0 fully saturated rings. The summed E-state index contributed by atoms with van der Waals surface area (Å²) in [6.45, 7) is 0.878. The van der Waals surface area contributed by atoms with Crippen LogP contribution in [0.4, 0.5) is 5.69 Å². The number of halogens is 1. The minimum Gasteiger partial charge on any atom is -0.384 e. The summed E-state index contributed by atoms with van der Waals surface area (Å²) in [4.78, 5) is 8.20. The molecular formula is C12H12ClN3S. The van der Waals surface area contributed by atoms with Crippen molar-refractivity contribution in [2.75, 3.05) is 17.6 Å². The highest BCUT2D eigenvalue weighted by atomic mass is 35.5. The topological polar surface area (TPSA) is 37.8 Å². The minimum absolute atomic E-state index is 0.754. The Hall–Kier alpha value is -1.26. The van der Waals surface area contributed by atoms with E-state index < -0.39 is 0 Å². The Kier molecular flexibility index (Phi) is 4.64. The van der Waals surface area contributed by atoms with Crippen molar-refractivity contribution < 1.29 is 0 Å². The Morgan fingerprint density at radius 2 is 2.00 bits per heavy atom. The minimum atomic E-state index is 0.754. The lowest BCUT2D eigenvalue weighted by atomic mass is 10.3. The summed E-state index contributed by atoms with van der Waals surface area (Å²) in [6.07, 6.45) is 5.15. The van der Waals surface area contributed by atoms with E-state index in [0.717, 1.165) is 28.0 Å². The molecule has 1 aromatic heterocycles. The Balaban J connectivity index is 1.71. The van der Waals surface area contributed by atoms with Crippen molar-refractivity contribution in [1.82, 2.24) is 9.97 Å². The quantitative estimate of drug-likeness (QED) is 0.665. The summed E-state index contributed by atoms with van der Waals surface area (Å²) in [6, 6.07) is 7.68. The van der Waals surface area contributed by atoms with E-state index in [1.807, 2.05) is 24.3 Å². The van der Waals surface area contributed by atoms with Crippen molar-refractivity contribution in [1.29, 1.82) is 0 Å². The van der Waals surface area contributed by atoms with Gasteiger partial charge in [0.25, 0.3) is 0 Å². The van der Waals surface area contributed by atoms with E-state index in [9.17, 15) is 0 Å². The molecular weight excluding hydrogens is 254 g/mol. The summed E-state index contributed by atoms with van der Waals surface area (Å²) in [5, 5.41) is 5.02. The van der Waals surface area contributed by atoms with E-state index in [0.29, 0.717) is 0 Å². The zero-order valence-corrected chi connectivity index (χ0v) is 10.7. The van der Waals surface area contributed by atoms with Gasteiger partial charge in [-0.1, -0.05) is 11.6 Å². The van der Waals surface area contributed by atoms with E-state index in [2.05, 4.69) is 15.3 Å². The summed E-state index contributed by atoms with van der Waals surface area (Å²) in [5.41, 5.74) is 1.08. The van der Waals surface area contributed by atoms with Crippen LogP contribution in [0.25, 0.3) is 0 Å². The second kappa shape index (κ2) is 6.47. The van der Waals surface area contributed by atoms with Gasteiger partial charge in [0.15, 0.2) is 0 Å². The van der Waals surface area contributed by atoms with Gasteiger partial charge < -0.3 is 5.32 Å². The van der Waals surface area contributed by atoms with Gasteiger partial charge in [-0.3, -0.25) is 4.98 Å². The Labute approximate surface area is 110 Å². The number of benzene rings is 1. The van der Waals surface area contributed by atoms with E-state index in [1.165, 1.54) is 0 Å². The van der Waals surface area contributed by atoms with Gasteiger partial charge in [0.2, 0.25) is 0 Å². The summed E-state index contributed by atoms with van der Waals surface area (Å²) < 4.78 is 0. The lowest BCUT2D eigenvalue weighted by molar-refractivity contribution is 1.05. The van der Waals surface area contributed by atoms with Crippen molar-refractivity contribution in [3.63, 3.8) is 0 Å². The Morgan fingerprint density at radius 1 is 1.18 bits per heavy atom. The highest BCUT2D eigenvalue weighted by Crippen LogP contribution is 2.15. The second-order valence-electron chi connectivity index (χ2n) is 3.33. The first-order valence-electron chi connectivity index (χ1n) is 5.23. The molecule has 0 aliphatic heterocycles. The zero-order chi connectivity index (χ0) is 11.9. The normalized spacial score (nSPS) is 10.2. The molecule has 88 valence electrons. The molecule has 2 rings (SSSR count). The number of hydrogen-bond acceptors (Lipinski definition) is 4. The highest BCUT2D eigenvalue weighted by Gasteiger charge is 1.95. The van der Waals surface area contributed by atoms with Gasteiger partial charge >= 0.3 is 0 Å². The van der Waals surface area contributed by atoms with Crippen molar-refractivity contribution in [2.45, 2.75) is 5.03 Å². The van der Waals surface area contributed by atoms with E-state index >= 15 is 0 Å². The van der Waals surface area contributed by atoms with Crippen LogP contribution in [-0.4, -0.2) is 22.3 Å². The molecule has 0 bridgehead atoms. The van der Waals surface area contributed by atoms with Crippen LogP contribution in [0.2, 0.25) is 5.02 Å². The SMILES string of the molecule is Clc1ccc(NCCSc2cnccn2)cc1. The number of aromatic nitrogens is 2. The molecule has 0 spiro atoms. The fourth-order valence-corrected chi connectivity index (χ4v) is 2.09. The van der Waals surface area contributed by atoms with Crippen molar-refractivity contribution in [3.05, 3.63) is 47.9 Å². The predicted octanol–water partition coefficient (Wildman–Crippen LogP) is 3.33. The maximum absolute atomic E-state index is 5.81. The lowest BCUT2D eigenvalue weighted by Crippen LogP contribution is -2.03. The predicted molar refractivity (Wildman–Crippen MR) is 72.7 cm³/mol. The molecule has 0 aliphatic rings. The fourth-order valence-electron chi connectivity index (χ4n) is 1.28. The number of thioether (sulfide) groups is 1. The Bertz CT molecular complexity index is 447. The van der Waals surface area contributed by atoms with Crippen LogP contribution in [0.1, 0.15) is 0 Å². The van der Waals surface area contributed by atoms with Gasteiger partial charge in [-0.2, -0.15) is 0 Å². The molecule has 0 aliphatic carbocycles. The standard InChI is InChI=1S/C12H12ClN3S/c13-10-1-3-11(4-2-10)15-7-8-17-12-9-14-5-6-16-12/h1-6,9,15H,7-8H2. The molecule has 3 nitrogen and oxygen atoms in total. The lowest BCUT2D eigenvalue weighted by Gasteiger charge is -2.05. The Morgan fingerprint density at radius 3 is 2.71 bits per heavy atom.